The van der Waals surface area contributed by atoms with Gasteiger partial charge in [-0.15, -0.1) is 0 Å². The number of hydrogen-bond acceptors (Lipinski definition) is 2. The lowest BCUT2D eigenvalue weighted by Crippen LogP contribution is -2.24. The molecule has 0 radical (unpaired) electrons. The molecule has 0 aromatic carbocycles. The van der Waals surface area contributed by atoms with Crippen molar-refractivity contribution in [1.82, 2.24) is 4.90 Å². The third kappa shape index (κ3) is 1.14. The van der Waals surface area contributed by atoms with E-state index in [-0.39, 0.29) is 0 Å². The van der Waals surface area contributed by atoms with Crippen LogP contribution in [-0.4, -0.2) is 30.6 Å². The van der Waals surface area contributed by atoms with Crippen molar-refractivity contribution in [2.24, 2.45) is 5.73 Å². The summed E-state index contributed by atoms with van der Waals surface area (Å²) in [6, 6.07) is 0.625. The minimum atomic E-state index is 0.625. The largest absolute Gasteiger partial charge is 0.329 e. The fourth-order valence-electron chi connectivity index (χ4n) is 0.648. The van der Waals surface area contributed by atoms with Crippen LogP contribution in [0.5, 0.6) is 0 Å². The number of rotatable bonds is 2. The van der Waals surface area contributed by atoms with Crippen LogP contribution in [0.1, 0.15) is 6.92 Å². The van der Waals surface area contributed by atoms with Crippen LogP contribution in [0.4, 0.5) is 0 Å². The molecule has 1 aliphatic heterocycles. The third-order valence-corrected chi connectivity index (χ3v) is 1.45. The Kier molecular flexibility index (Phi) is 1.30. The number of nitrogens with zero attached hydrogens (tertiary/aromatic N) is 1. The predicted molar refractivity (Wildman–Crippen MR) is 30.1 cm³/mol. The first-order valence-corrected chi connectivity index (χ1v) is 2.78. The van der Waals surface area contributed by atoms with Gasteiger partial charge in [0.15, 0.2) is 0 Å². The van der Waals surface area contributed by atoms with Crippen LogP contribution in [0, 0.1) is 0 Å². The summed E-state index contributed by atoms with van der Waals surface area (Å²) in [5, 5.41) is 0. The minimum Gasteiger partial charge on any atom is -0.329 e. The van der Waals surface area contributed by atoms with Crippen LogP contribution in [0.2, 0.25) is 0 Å². The highest BCUT2D eigenvalue weighted by Crippen LogP contribution is 2.07. The first-order valence-electron chi connectivity index (χ1n) is 2.78. The Morgan fingerprint density at radius 2 is 2.29 bits per heavy atom. The van der Waals surface area contributed by atoms with Crippen LogP contribution in [0.25, 0.3) is 0 Å². The summed E-state index contributed by atoms with van der Waals surface area (Å²) in [5.41, 5.74) is 5.37. The molecule has 1 fully saturated rings. The number of nitrogens with two attached hydrogens (primary N) is 1. The molecule has 0 saturated carbocycles. The summed E-state index contributed by atoms with van der Waals surface area (Å²) >= 11 is 0. The molecule has 1 aliphatic rings. The van der Waals surface area contributed by atoms with Crippen LogP contribution in [0.15, 0.2) is 0 Å². The van der Waals surface area contributed by atoms with Crippen molar-refractivity contribution in [3.05, 3.63) is 0 Å². The summed E-state index contributed by atoms with van der Waals surface area (Å²) in [6.45, 7) is 5.49. The molecule has 1 atom stereocenters. The fraction of sp³-hybridized carbons (Fsp3) is 1.00. The maximum absolute atomic E-state index is 5.37. The van der Waals surface area contributed by atoms with E-state index in [0.29, 0.717) is 6.04 Å². The molecule has 1 rings (SSSR count). The van der Waals surface area contributed by atoms with Crippen molar-refractivity contribution in [2.75, 3.05) is 19.6 Å². The van der Waals surface area contributed by atoms with Gasteiger partial charge in [-0.1, -0.05) is 0 Å². The summed E-state index contributed by atoms with van der Waals surface area (Å²) < 4.78 is 0. The standard InChI is InChI=1S/C5H12N2/c1-5(4-6)7-2-3-7/h5H,2-4,6H2,1H3. The second-order valence-corrected chi connectivity index (χ2v) is 2.12. The van der Waals surface area contributed by atoms with Gasteiger partial charge in [-0.2, -0.15) is 0 Å². The van der Waals surface area contributed by atoms with Crippen LogP contribution < -0.4 is 5.73 Å². The van der Waals surface area contributed by atoms with E-state index in [1.165, 1.54) is 13.1 Å². The third-order valence-electron chi connectivity index (χ3n) is 1.45. The van der Waals surface area contributed by atoms with E-state index in [2.05, 4.69) is 11.8 Å². The molecule has 0 spiro atoms. The molecule has 1 unspecified atom stereocenters. The normalized spacial score (nSPS) is 24.9. The van der Waals surface area contributed by atoms with Crippen molar-refractivity contribution < 1.29 is 0 Å². The smallest absolute Gasteiger partial charge is 0.0191 e. The molecule has 2 heteroatoms. The molecule has 0 bridgehead atoms. The lowest BCUT2D eigenvalue weighted by Gasteiger charge is -2.05. The van der Waals surface area contributed by atoms with Crippen molar-refractivity contribution >= 4 is 0 Å². The molecule has 0 aliphatic carbocycles. The van der Waals surface area contributed by atoms with Crippen LogP contribution >= 0.6 is 0 Å². The van der Waals surface area contributed by atoms with Crippen LogP contribution in [0.3, 0.4) is 0 Å². The van der Waals surface area contributed by atoms with Gasteiger partial charge in [-0.3, -0.25) is 4.90 Å². The van der Waals surface area contributed by atoms with Crippen molar-refractivity contribution in [2.45, 2.75) is 13.0 Å². The Morgan fingerprint density at radius 3 is 2.43 bits per heavy atom. The average molecular weight is 100 g/mol. The summed E-state index contributed by atoms with van der Waals surface area (Å²) in [6.07, 6.45) is 0. The van der Waals surface area contributed by atoms with Gasteiger partial charge in [0, 0.05) is 25.7 Å². The molecule has 2 nitrogen and oxygen atoms in total. The SMILES string of the molecule is CC(CN)N1CC1. The Morgan fingerprint density at radius 1 is 1.71 bits per heavy atom. The number of hydrogen-bond donors (Lipinski definition) is 1. The fourth-order valence-corrected chi connectivity index (χ4v) is 0.648. The first-order chi connectivity index (χ1) is 3.34. The van der Waals surface area contributed by atoms with E-state index < -0.39 is 0 Å². The maximum atomic E-state index is 5.37. The van der Waals surface area contributed by atoms with Crippen molar-refractivity contribution in [3.8, 4) is 0 Å². The Labute approximate surface area is 44.3 Å². The lowest BCUT2D eigenvalue weighted by molar-refractivity contribution is 0.436. The van der Waals surface area contributed by atoms with E-state index >= 15 is 0 Å². The molecule has 42 valence electrons. The highest BCUT2D eigenvalue weighted by Gasteiger charge is 2.21. The summed E-state index contributed by atoms with van der Waals surface area (Å²) in [5.74, 6) is 0. The molecule has 2 N–H and O–H groups in total. The Balaban J connectivity index is 2.10. The first kappa shape index (κ1) is 5.06. The average Bonchev–Trinajstić information content (AvgIpc) is 2.44. The lowest BCUT2D eigenvalue weighted by atomic mass is 10.3. The Bertz CT molecular complexity index is 59.1. The van der Waals surface area contributed by atoms with Crippen LogP contribution in [-0.2, 0) is 0 Å². The van der Waals surface area contributed by atoms with Gasteiger partial charge in [0.2, 0.25) is 0 Å². The molecule has 0 aromatic heterocycles. The molecule has 1 saturated heterocycles. The highest BCUT2D eigenvalue weighted by molar-refractivity contribution is 4.79. The van der Waals surface area contributed by atoms with E-state index in [4.69, 9.17) is 5.73 Å². The minimum absolute atomic E-state index is 0.625. The Hall–Kier alpha value is -0.0800. The molecule has 0 aromatic rings. The van der Waals surface area contributed by atoms with Gasteiger partial charge in [-0.05, 0) is 6.92 Å². The van der Waals surface area contributed by atoms with Gasteiger partial charge >= 0.3 is 0 Å². The topological polar surface area (TPSA) is 29.0 Å². The molecule has 7 heavy (non-hydrogen) atoms. The molecule has 0 amide bonds. The van der Waals surface area contributed by atoms with Gasteiger partial charge in [0.05, 0.1) is 0 Å². The van der Waals surface area contributed by atoms with Gasteiger partial charge in [-0.25, -0.2) is 0 Å². The zero-order chi connectivity index (χ0) is 5.28. The van der Waals surface area contributed by atoms with Gasteiger partial charge in [0.25, 0.3) is 0 Å². The second-order valence-electron chi connectivity index (χ2n) is 2.12. The van der Waals surface area contributed by atoms with E-state index in [9.17, 15) is 0 Å². The predicted octanol–water partition coefficient (Wildman–Crippen LogP) is -0.351. The quantitative estimate of drug-likeness (QED) is 0.480. The molecular weight excluding hydrogens is 88.1 g/mol. The zero-order valence-corrected chi connectivity index (χ0v) is 4.72. The van der Waals surface area contributed by atoms with E-state index in [1.807, 2.05) is 0 Å². The summed E-state index contributed by atoms with van der Waals surface area (Å²) in [4.78, 5) is 2.35. The molecular formula is C5H12N2. The highest BCUT2D eigenvalue weighted by atomic mass is 15.3. The molecule has 1 heterocycles. The maximum Gasteiger partial charge on any atom is 0.0191 e. The van der Waals surface area contributed by atoms with Crippen molar-refractivity contribution in [1.29, 1.82) is 0 Å². The van der Waals surface area contributed by atoms with Gasteiger partial charge in [0.1, 0.15) is 0 Å². The van der Waals surface area contributed by atoms with E-state index in [0.717, 1.165) is 6.54 Å². The van der Waals surface area contributed by atoms with Gasteiger partial charge < -0.3 is 5.73 Å². The monoisotopic (exact) mass is 100 g/mol. The van der Waals surface area contributed by atoms with E-state index in [1.54, 1.807) is 0 Å². The second kappa shape index (κ2) is 1.80. The van der Waals surface area contributed by atoms with Crippen molar-refractivity contribution in [3.63, 3.8) is 0 Å². The summed E-state index contributed by atoms with van der Waals surface area (Å²) in [7, 11) is 0. The zero-order valence-electron chi connectivity index (χ0n) is 4.72.